The smallest absolute Gasteiger partial charge is 0.217 e. The lowest BCUT2D eigenvalue weighted by molar-refractivity contribution is 0.111. The van der Waals surface area contributed by atoms with Gasteiger partial charge in [0.1, 0.15) is 11.4 Å². The zero-order valence-electron chi connectivity index (χ0n) is 7.95. The number of rotatable bonds is 0. The van der Waals surface area contributed by atoms with Crippen molar-refractivity contribution in [1.82, 2.24) is 0 Å². The molecule has 0 saturated carbocycles. The fraction of sp³-hybridized carbons (Fsp3) is 0.250. The van der Waals surface area contributed by atoms with E-state index in [1.54, 1.807) is 0 Å². The van der Waals surface area contributed by atoms with E-state index in [1.807, 2.05) is 0 Å². The molecule has 1 heterocycles. The molecule has 1 aliphatic heterocycles. The fourth-order valence-electron chi connectivity index (χ4n) is 1.62. The highest BCUT2D eigenvalue weighted by Gasteiger charge is 2.36. The number of aromatic hydroxyl groups is 1. The predicted molar refractivity (Wildman–Crippen MR) is 56.8 cm³/mol. The number of phenols is 1. The normalized spacial score (nSPS) is 17.2. The second-order valence-electron chi connectivity index (χ2n) is 3.63. The molecule has 0 aromatic heterocycles. The first kappa shape index (κ1) is 9.69. The molecule has 2 rings (SSSR count). The van der Waals surface area contributed by atoms with Gasteiger partial charge in [-0.1, -0.05) is 0 Å². The lowest BCUT2D eigenvalue weighted by Gasteiger charge is -2.17. The van der Waals surface area contributed by atoms with Crippen LogP contribution >= 0.6 is 0 Å². The largest absolute Gasteiger partial charge is 0.504 e. The van der Waals surface area contributed by atoms with E-state index < -0.39 is 5.85 Å². The van der Waals surface area contributed by atoms with Gasteiger partial charge >= 0.3 is 0 Å². The van der Waals surface area contributed by atoms with Crippen molar-refractivity contribution in [1.29, 1.82) is 0 Å². The van der Waals surface area contributed by atoms with Gasteiger partial charge in [0.25, 0.3) is 0 Å². The summed E-state index contributed by atoms with van der Waals surface area (Å²) in [7, 11) is 0. The molecule has 1 aromatic rings. The third-order valence-corrected chi connectivity index (χ3v) is 2.39. The van der Waals surface area contributed by atoms with Gasteiger partial charge < -0.3 is 27.0 Å². The second kappa shape index (κ2) is 2.59. The molecule has 0 bridgehead atoms. The van der Waals surface area contributed by atoms with Gasteiger partial charge in [-0.3, -0.25) is 11.5 Å². The molecule has 0 unspecified atom stereocenters. The first-order valence-electron chi connectivity index (χ1n) is 4.28. The fourth-order valence-corrected chi connectivity index (χ4v) is 1.62. The molecule has 15 heavy (non-hydrogen) atoms. The quantitative estimate of drug-likeness (QED) is 0.175. The Bertz CT molecular complexity index is 404. The molecule has 82 valence electrons. The monoisotopic (exact) mass is 211 g/mol. The summed E-state index contributed by atoms with van der Waals surface area (Å²) in [5, 5.41) is 9.55. The van der Waals surface area contributed by atoms with E-state index in [-0.39, 0.29) is 35.0 Å². The van der Waals surface area contributed by atoms with Gasteiger partial charge in [0.2, 0.25) is 5.85 Å². The number of phenolic OH excluding ortho intramolecular Hbond substituents is 1. The molecule has 1 aliphatic rings. The Morgan fingerprint density at radius 2 is 1.67 bits per heavy atom. The van der Waals surface area contributed by atoms with Crippen LogP contribution in [0.25, 0.3) is 0 Å². The highest BCUT2D eigenvalue weighted by Crippen LogP contribution is 2.48. The number of nitrogen functional groups attached to an aromatic ring is 3. The Morgan fingerprint density at radius 1 is 1.07 bits per heavy atom. The number of anilines is 3. The minimum Gasteiger partial charge on any atom is -0.504 e. The van der Waals surface area contributed by atoms with Crippen LogP contribution in [0.2, 0.25) is 0 Å². The van der Waals surface area contributed by atoms with Crippen molar-refractivity contribution in [3.05, 3.63) is 5.56 Å². The van der Waals surface area contributed by atoms with Crippen LogP contribution in [-0.2, 0) is 6.42 Å². The van der Waals surface area contributed by atoms with Crippen LogP contribution < -0.4 is 33.4 Å². The van der Waals surface area contributed by atoms with Crippen LogP contribution in [0.5, 0.6) is 11.5 Å². The van der Waals surface area contributed by atoms with Gasteiger partial charge in [-0.25, -0.2) is 0 Å². The molecule has 0 saturated heterocycles. The Hall–Kier alpha value is -1.86. The van der Waals surface area contributed by atoms with Crippen LogP contribution in [-0.4, -0.2) is 11.0 Å². The Labute approximate surface area is 85.8 Å². The van der Waals surface area contributed by atoms with Crippen molar-refractivity contribution < 1.29 is 9.84 Å². The molecule has 11 N–H and O–H groups in total. The summed E-state index contributed by atoms with van der Waals surface area (Å²) in [5.41, 5.74) is 28.7. The lowest BCUT2D eigenvalue weighted by atomic mass is 10.1. The van der Waals surface area contributed by atoms with Gasteiger partial charge in [0.05, 0.1) is 5.69 Å². The number of hydrogen-bond acceptors (Lipinski definition) is 7. The maximum Gasteiger partial charge on any atom is 0.217 e. The Balaban J connectivity index is 2.69. The van der Waals surface area contributed by atoms with Gasteiger partial charge in [-0.05, 0) is 0 Å². The van der Waals surface area contributed by atoms with E-state index in [1.165, 1.54) is 0 Å². The third kappa shape index (κ3) is 1.21. The van der Waals surface area contributed by atoms with E-state index in [0.29, 0.717) is 5.56 Å². The molecule has 0 spiro atoms. The number of benzene rings is 1. The average molecular weight is 211 g/mol. The zero-order chi connectivity index (χ0) is 11.4. The highest BCUT2D eigenvalue weighted by molar-refractivity contribution is 5.87. The average Bonchev–Trinajstić information content (AvgIpc) is 2.48. The summed E-state index contributed by atoms with van der Waals surface area (Å²) >= 11 is 0. The maximum absolute atomic E-state index is 9.55. The molecule has 0 fully saturated rings. The minimum atomic E-state index is -1.36. The van der Waals surface area contributed by atoms with Crippen LogP contribution in [0, 0.1) is 0 Å². The summed E-state index contributed by atoms with van der Waals surface area (Å²) in [6.45, 7) is 0. The molecule has 0 amide bonds. The molecule has 7 heteroatoms. The van der Waals surface area contributed by atoms with Crippen LogP contribution in [0.15, 0.2) is 0 Å². The van der Waals surface area contributed by atoms with E-state index >= 15 is 0 Å². The van der Waals surface area contributed by atoms with Crippen LogP contribution in [0.3, 0.4) is 0 Å². The van der Waals surface area contributed by atoms with E-state index in [2.05, 4.69) is 0 Å². The highest BCUT2D eigenvalue weighted by atomic mass is 16.5. The first-order valence-corrected chi connectivity index (χ1v) is 4.28. The van der Waals surface area contributed by atoms with Crippen molar-refractivity contribution in [3.8, 4) is 11.5 Å². The number of hydrogen-bond donors (Lipinski definition) is 6. The minimum absolute atomic E-state index is 0.0241. The summed E-state index contributed by atoms with van der Waals surface area (Å²) in [6.07, 6.45) is 0.173. The zero-order valence-corrected chi connectivity index (χ0v) is 7.95. The molecular formula is C8H13N5O2. The van der Waals surface area contributed by atoms with Gasteiger partial charge in [0.15, 0.2) is 11.5 Å². The van der Waals surface area contributed by atoms with Crippen molar-refractivity contribution in [3.63, 3.8) is 0 Å². The van der Waals surface area contributed by atoms with Crippen LogP contribution in [0.1, 0.15) is 5.56 Å². The molecular weight excluding hydrogens is 198 g/mol. The standard InChI is InChI=1S/C8H13N5O2/c9-3-2-1-8(12,13)15-7(2)5(11)4(10)6(3)14/h14H,1,9-13H2. The van der Waals surface area contributed by atoms with Crippen molar-refractivity contribution >= 4 is 17.1 Å². The van der Waals surface area contributed by atoms with Gasteiger partial charge in [-0.2, -0.15) is 0 Å². The molecule has 0 radical (unpaired) electrons. The Kier molecular flexibility index (Phi) is 1.67. The predicted octanol–water partition coefficient (Wildman–Crippen LogP) is -1.36. The van der Waals surface area contributed by atoms with E-state index in [4.69, 9.17) is 33.4 Å². The maximum atomic E-state index is 9.55. The van der Waals surface area contributed by atoms with Crippen LogP contribution in [0.4, 0.5) is 17.1 Å². The van der Waals surface area contributed by atoms with E-state index in [0.717, 1.165) is 0 Å². The van der Waals surface area contributed by atoms with Crippen molar-refractivity contribution in [2.75, 3.05) is 17.2 Å². The van der Waals surface area contributed by atoms with Crippen molar-refractivity contribution in [2.24, 2.45) is 11.5 Å². The Morgan fingerprint density at radius 3 is 2.27 bits per heavy atom. The van der Waals surface area contributed by atoms with Gasteiger partial charge in [-0.15, -0.1) is 0 Å². The molecule has 0 atom stereocenters. The van der Waals surface area contributed by atoms with Crippen molar-refractivity contribution in [2.45, 2.75) is 12.3 Å². The summed E-state index contributed by atoms with van der Waals surface area (Å²) < 4.78 is 5.20. The molecule has 0 aliphatic carbocycles. The first-order chi connectivity index (χ1) is 6.83. The summed E-state index contributed by atoms with van der Waals surface area (Å²) in [6, 6.07) is 0. The molecule has 7 nitrogen and oxygen atoms in total. The second-order valence-corrected chi connectivity index (χ2v) is 3.63. The lowest BCUT2D eigenvalue weighted by Crippen LogP contribution is -2.53. The topological polar surface area (TPSA) is 160 Å². The number of nitrogens with two attached hydrogens (primary N) is 5. The van der Waals surface area contributed by atoms with E-state index in [9.17, 15) is 5.11 Å². The molecule has 1 aromatic carbocycles. The number of ether oxygens (including phenoxy) is 1. The number of fused-ring (bicyclic) bond motifs is 1. The SMILES string of the molecule is Nc1c(N)c2c(c(N)c1O)CC(N)(N)O2. The van der Waals surface area contributed by atoms with Gasteiger partial charge in [0, 0.05) is 12.0 Å². The summed E-state index contributed by atoms with van der Waals surface area (Å²) in [4.78, 5) is 0. The third-order valence-electron chi connectivity index (χ3n) is 2.39. The summed E-state index contributed by atoms with van der Waals surface area (Å²) in [5.74, 6) is -1.36.